The van der Waals surface area contributed by atoms with E-state index in [-0.39, 0.29) is 23.2 Å². The van der Waals surface area contributed by atoms with Crippen LogP contribution in [0.25, 0.3) is 0 Å². The number of anilines is 1. The standard InChI is InChI=1S/C18H20BrN3O3S.ClH/c1-21-9-11-22(12-10-21)18(23)14-3-2-4-16(13-14)20-26(24,25)17-7-5-15(19)6-8-17;/h2-8,13,20H,9-12H2,1H3;1H. The van der Waals surface area contributed by atoms with Crippen LogP contribution >= 0.6 is 28.3 Å². The van der Waals surface area contributed by atoms with Gasteiger partial charge >= 0.3 is 0 Å². The molecule has 0 saturated carbocycles. The van der Waals surface area contributed by atoms with E-state index in [0.29, 0.717) is 24.3 Å². The second-order valence-corrected chi connectivity index (χ2v) is 8.83. The van der Waals surface area contributed by atoms with Gasteiger partial charge in [-0.15, -0.1) is 12.4 Å². The fraction of sp³-hybridized carbons (Fsp3) is 0.278. The number of likely N-dealkylation sites (N-methyl/N-ethyl adjacent to an activating group) is 1. The van der Waals surface area contributed by atoms with E-state index in [0.717, 1.165) is 17.6 Å². The van der Waals surface area contributed by atoms with E-state index < -0.39 is 10.0 Å². The molecule has 0 radical (unpaired) electrons. The summed E-state index contributed by atoms with van der Waals surface area (Å²) in [7, 11) is -1.68. The fourth-order valence-corrected chi connectivity index (χ4v) is 4.05. The Hall–Kier alpha value is -1.61. The van der Waals surface area contributed by atoms with E-state index in [1.807, 2.05) is 7.05 Å². The Morgan fingerprint density at radius 1 is 1.04 bits per heavy atom. The molecule has 0 atom stereocenters. The van der Waals surface area contributed by atoms with Gasteiger partial charge in [0.25, 0.3) is 15.9 Å². The molecule has 6 nitrogen and oxygen atoms in total. The van der Waals surface area contributed by atoms with Gasteiger partial charge in [0.05, 0.1) is 4.90 Å². The molecule has 0 spiro atoms. The Kier molecular flexibility index (Phi) is 7.27. The number of carbonyl (C=O) groups excluding carboxylic acids is 1. The minimum Gasteiger partial charge on any atom is -0.336 e. The average molecular weight is 475 g/mol. The van der Waals surface area contributed by atoms with Gasteiger partial charge in [0.2, 0.25) is 0 Å². The number of amides is 1. The lowest BCUT2D eigenvalue weighted by molar-refractivity contribution is 0.0664. The molecule has 1 fully saturated rings. The third-order valence-corrected chi connectivity index (χ3v) is 6.20. The zero-order chi connectivity index (χ0) is 18.7. The Labute approximate surface area is 174 Å². The highest BCUT2D eigenvalue weighted by Crippen LogP contribution is 2.20. The first-order valence-corrected chi connectivity index (χ1v) is 10.5. The summed E-state index contributed by atoms with van der Waals surface area (Å²) < 4.78 is 28.3. The summed E-state index contributed by atoms with van der Waals surface area (Å²) in [5.41, 5.74) is 0.846. The molecule has 0 bridgehead atoms. The lowest BCUT2D eigenvalue weighted by Crippen LogP contribution is -2.47. The number of rotatable bonds is 4. The van der Waals surface area contributed by atoms with E-state index >= 15 is 0 Å². The summed E-state index contributed by atoms with van der Waals surface area (Å²) in [6.07, 6.45) is 0. The first-order valence-electron chi connectivity index (χ1n) is 8.21. The predicted molar refractivity (Wildman–Crippen MR) is 112 cm³/mol. The van der Waals surface area contributed by atoms with Crippen LogP contribution in [-0.2, 0) is 10.0 Å². The van der Waals surface area contributed by atoms with Gasteiger partial charge in [-0.1, -0.05) is 22.0 Å². The van der Waals surface area contributed by atoms with E-state index in [1.54, 1.807) is 41.3 Å². The zero-order valence-electron chi connectivity index (χ0n) is 14.8. The second kappa shape index (κ2) is 9.05. The SMILES string of the molecule is CN1CCN(C(=O)c2cccc(NS(=O)(=O)c3ccc(Br)cc3)c2)CC1.Cl. The van der Waals surface area contributed by atoms with Crippen LogP contribution < -0.4 is 4.72 Å². The highest BCUT2D eigenvalue weighted by atomic mass is 79.9. The van der Waals surface area contributed by atoms with E-state index in [2.05, 4.69) is 25.6 Å². The van der Waals surface area contributed by atoms with Crippen LogP contribution in [0.3, 0.4) is 0 Å². The van der Waals surface area contributed by atoms with Gasteiger partial charge in [0, 0.05) is 41.9 Å². The van der Waals surface area contributed by atoms with E-state index in [9.17, 15) is 13.2 Å². The third-order valence-electron chi connectivity index (χ3n) is 4.28. The van der Waals surface area contributed by atoms with Crippen molar-refractivity contribution in [3.63, 3.8) is 0 Å². The number of nitrogens with zero attached hydrogens (tertiary/aromatic N) is 2. The number of halogens is 2. The van der Waals surface area contributed by atoms with Crippen molar-refractivity contribution in [3.8, 4) is 0 Å². The van der Waals surface area contributed by atoms with Crippen LogP contribution in [-0.4, -0.2) is 57.4 Å². The first-order chi connectivity index (χ1) is 12.3. The molecule has 0 aliphatic carbocycles. The Bertz CT molecular complexity index is 898. The summed E-state index contributed by atoms with van der Waals surface area (Å²) in [6, 6.07) is 13.0. The molecule has 146 valence electrons. The normalized spacial score (nSPS) is 15.1. The lowest BCUT2D eigenvalue weighted by Gasteiger charge is -2.32. The van der Waals surface area contributed by atoms with Gasteiger partial charge in [0.1, 0.15) is 0 Å². The smallest absolute Gasteiger partial charge is 0.261 e. The Balaban J connectivity index is 0.00000261. The van der Waals surface area contributed by atoms with Gasteiger partial charge in [-0.3, -0.25) is 9.52 Å². The van der Waals surface area contributed by atoms with Crippen LogP contribution in [0.1, 0.15) is 10.4 Å². The molecule has 0 unspecified atom stereocenters. The van der Waals surface area contributed by atoms with E-state index in [4.69, 9.17) is 0 Å². The fourth-order valence-electron chi connectivity index (χ4n) is 2.74. The number of sulfonamides is 1. The van der Waals surface area contributed by atoms with Crippen molar-refractivity contribution in [2.45, 2.75) is 4.90 Å². The molecule has 2 aromatic carbocycles. The number of carbonyl (C=O) groups is 1. The number of hydrogen-bond acceptors (Lipinski definition) is 4. The van der Waals surface area contributed by atoms with Crippen LogP contribution in [0.5, 0.6) is 0 Å². The summed E-state index contributed by atoms with van der Waals surface area (Å²) in [5, 5.41) is 0. The minimum atomic E-state index is -3.71. The van der Waals surface area contributed by atoms with Gasteiger partial charge in [-0.2, -0.15) is 0 Å². The molecule has 1 N–H and O–H groups in total. The maximum atomic E-state index is 12.7. The quantitative estimate of drug-likeness (QED) is 0.739. The molecule has 1 amide bonds. The molecular formula is C18H21BrClN3O3S. The molecule has 2 aromatic rings. The monoisotopic (exact) mass is 473 g/mol. The molecule has 0 aromatic heterocycles. The number of nitrogens with one attached hydrogen (secondary N) is 1. The van der Waals surface area contributed by atoms with Crippen LogP contribution in [0.2, 0.25) is 0 Å². The maximum Gasteiger partial charge on any atom is 0.261 e. The highest BCUT2D eigenvalue weighted by Gasteiger charge is 2.21. The summed E-state index contributed by atoms with van der Waals surface area (Å²) >= 11 is 3.29. The molecule has 1 saturated heterocycles. The number of piperazine rings is 1. The maximum absolute atomic E-state index is 12.7. The molecule has 1 aliphatic heterocycles. The summed E-state index contributed by atoms with van der Waals surface area (Å²) in [5.74, 6) is -0.0808. The van der Waals surface area contributed by atoms with Crippen molar-refractivity contribution >= 4 is 50.0 Å². The van der Waals surface area contributed by atoms with Gasteiger partial charge in [0.15, 0.2) is 0 Å². The van der Waals surface area contributed by atoms with Crippen LogP contribution in [0.4, 0.5) is 5.69 Å². The lowest BCUT2D eigenvalue weighted by atomic mass is 10.1. The second-order valence-electron chi connectivity index (χ2n) is 6.24. The molecule has 27 heavy (non-hydrogen) atoms. The largest absolute Gasteiger partial charge is 0.336 e. The van der Waals surface area contributed by atoms with E-state index in [1.165, 1.54) is 12.1 Å². The minimum absolute atomic E-state index is 0. The molecule has 1 aliphatic rings. The molecule has 3 rings (SSSR count). The van der Waals surface area contributed by atoms with Crippen molar-refractivity contribution in [1.29, 1.82) is 0 Å². The van der Waals surface area contributed by atoms with Crippen molar-refractivity contribution in [2.75, 3.05) is 37.9 Å². The molecule has 1 heterocycles. The number of hydrogen-bond donors (Lipinski definition) is 1. The first kappa shape index (κ1) is 21.7. The predicted octanol–water partition coefficient (Wildman–Crippen LogP) is 3.06. The topological polar surface area (TPSA) is 69.7 Å². The van der Waals surface area contributed by atoms with Crippen molar-refractivity contribution in [2.24, 2.45) is 0 Å². The average Bonchev–Trinajstić information content (AvgIpc) is 2.62. The Morgan fingerprint density at radius 3 is 2.30 bits per heavy atom. The van der Waals surface area contributed by atoms with Gasteiger partial charge < -0.3 is 9.80 Å². The Morgan fingerprint density at radius 2 is 1.67 bits per heavy atom. The zero-order valence-corrected chi connectivity index (χ0v) is 18.0. The van der Waals surface area contributed by atoms with Gasteiger partial charge in [-0.05, 0) is 49.5 Å². The van der Waals surface area contributed by atoms with Crippen molar-refractivity contribution in [1.82, 2.24) is 9.80 Å². The molecular weight excluding hydrogens is 454 g/mol. The van der Waals surface area contributed by atoms with Crippen molar-refractivity contribution < 1.29 is 13.2 Å². The van der Waals surface area contributed by atoms with Crippen molar-refractivity contribution in [3.05, 3.63) is 58.6 Å². The van der Waals surface area contributed by atoms with Crippen LogP contribution in [0.15, 0.2) is 57.9 Å². The molecule has 9 heteroatoms. The third kappa shape index (κ3) is 5.44. The summed E-state index contributed by atoms with van der Waals surface area (Å²) in [6.45, 7) is 3.01. The summed E-state index contributed by atoms with van der Waals surface area (Å²) in [4.78, 5) is 16.8. The van der Waals surface area contributed by atoms with Crippen LogP contribution in [0, 0.1) is 0 Å². The highest BCUT2D eigenvalue weighted by molar-refractivity contribution is 9.10. The number of benzene rings is 2. The van der Waals surface area contributed by atoms with Gasteiger partial charge in [-0.25, -0.2) is 8.42 Å².